The van der Waals surface area contributed by atoms with Crippen molar-refractivity contribution in [3.05, 3.63) is 0 Å². The highest BCUT2D eigenvalue weighted by molar-refractivity contribution is 5.85. The molecule has 1 saturated heterocycles. The van der Waals surface area contributed by atoms with Gasteiger partial charge in [0.05, 0.1) is 5.60 Å². The Morgan fingerprint density at radius 3 is 2.17 bits per heavy atom. The first-order valence-electron chi connectivity index (χ1n) is 3.70. The van der Waals surface area contributed by atoms with E-state index >= 15 is 0 Å². The topological polar surface area (TPSA) is 49.5 Å². The number of β-amino-alcohol motifs (C(OH)–C–C–N with tert-alkyl or cyclic N) is 1. The summed E-state index contributed by atoms with van der Waals surface area (Å²) in [5.41, 5.74) is 5.12. The van der Waals surface area contributed by atoms with Crippen LogP contribution in [0.4, 0.5) is 0 Å². The van der Waals surface area contributed by atoms with Crippen LogP contribution in [0.15, 0.2) is 0 Å². The van der Waals surface area contributed by atoms with Crippen molar-refractivity contribution in [2.45, 2.75) is 25.5 Å². The molecule has 0 aliphatic carbocycles. The predicted octanol–water partition coefficient (Wildman–Crippen LogP) is 0.244. The van der Waals surface area contributed by atoms with Crippen molar-refractivity contribution in [2.75, 3.05) is 19.6 Å². The molecule has 76 valence electrons. The zero-order valence-electron chi connectivity index (χ0n) is 7.49. The number of nitrogens with zero attached hydrogens (tertiary/aromatic N) is 1. The highest BCUT2D eigenvalue weighted by Gasteiger charge is 2.36. The SMILES string of the molecule is C[C@@H](N)CN1CC(C)(O)C1.Cl.Cl. The molecule has 3 N–H and O–H groups in total. The molecular formula is C7H18Cl2N2O. The molecule has 1 heterocycles. The van der Waals surface area contributed by atoms with E-state index in [4.69, 9.17) is 5.73 Å². The molecule has 0 aromatic heterocycles. The fourth-order valence-corrected chi connectivity index (χ4v) is 1.45. The van der Waals surface area contributed by atoms with Crippen LogP contribution >= 0.6 is 24.8 Å². The molecule has 0 bridgehead atoms. The monoisotopic (exact) mass is 216 g/mol. The van der Waals surface area contributed by atoms with Crippen LogP contribution < -0.4 is 5.73 Å². The van der Waals surface area contributed by atoms with Gasteiger partial charge >= 0.3 is 0 Å². The molecule has 1 aliphatic rings. The number of aliphatic hydroxyl groups is 1. The van der Waals surface area contributed by atoms with Gasteiger partial charge in [0.1, 0.15) is 0 Å². The maximum Gasteiger partial charge on any atom is 0.0872 e. The van der Waals surface area contributed by atoms with Gasteiger partial charge in [0, 0.05) is 25.7 Å². The maximum atomic E-state index is 9.31. The third-order valence-corrected chi connectivity index (χ3v) is 1.67. The van der Waals surface area contributed by atoms with Crippen LogP contribution in [0.3, 0.4) is 0 Å². The number of hydrogen-bond donors (Lipinski definition) is 2. The van der Waals surface area contributed by atoms with Gasteiger partial charge in [-0.2, -0.15) is 0 Å². The van der Waals surface area contributed by atoms with Gasteiger partial charge < -0.3 is 10.8 Å². The van der Waals surface area contributed by atoms with Crippen molar-refractivity contribution < 1.29 is 5.11 Å². The number of rotatable bonds is 2. The van der Waals surface area contributed by atoms with Gasteiger partial charge in [-0.15, -0.1) is 24.8 Å². The van der Waals surface area contributed by atoms with Gasteiger partial charge in [-0.1, -0.05) is 0 Å². The molecule has 0 unspecified atom stereocenters. The normalized spacial score (nSPS) is 23.0. The number of nitrogens with two attached hydrogens (primary N) is 1. The quantitative estimate of drug-likeness (QED) is 0.696. The Morgan fingerprint density at radius 2 is 1.92 bits per heavy atom. The van der Waals surface area contributed by atoms with Gasteiger partial charge in [-0.05, 0) is 13.8 Å². The average Bonchev–Trinajstić information content (AvgIpc) is 1.57. The number of hydrogen-bond acceptors (Lipinski definition) is 3. The molecule has 5 heteroatoms. The molecule has 1 rings (SSSR count). The molecule has 12 heavy (non-hydrogen) atoms. The standard InChI is InChI=1S/C7H16N2O.2ClH/c1-6(8)3-9-4-7(2,10)5-9;;/h6,10H,3-5,8H2,1-2H3;2*1H/t6-;;/m1../s1. The minimum atomic E-state index is -0.450. The highest BCUT2D eigenvalue weighted by atomic mass is 35.5. The van der Waals surface area contributed by atoms with E-state index in [9.17, 15) is 5.11 Å². The van der Waals surface area contributed by atoms with Crippen LogP contribution in [-0.4, -0.2) is 41.3 Å². The van der Waals surface area contributed by atoms with E-state index in [2.05, 4.69) is 4.90 Å². The van der Waals surface area contributed by atoms with Gasteiger partial charge in [0.25, 0.3) is 0 Å². The Bertz CT molecular complexity index is 120. The molecular weight excluding hydrogens is 199 g/mol. The van der Waals surface area contributed by atoms with Crippen molar-refractivity contribution in [3.63, 3.8) is 0 Å². The lowest BCUT2D eigenvalue weighted by molar-refractivity contribution is -0.0842. The summed E-state index contributed by atoms with van der Waals surface area (Å²) in [6, 6.07) is 0.219. The summed E-state index contributed by atoms with van der Waals surface area (Å²) >= 11 is 0. The second-order valence-corrected chi connectivity index (χ2v) is 3.64. The fourth-order valence-electron chi connectivity index (χ4n) is 1.45. The second-order valence-electron chi connectivity index (χ2n) is 3.64. The summed E-state index contributed by atoms with van der Waals surface area (Å²) in [6.45, 7) is 6.27. The lowest BCUT2D eigenvalue weighted by Crippen LogP contribution is -2.61. The molecule has 0 radical (unpaired) electrons. The van der Waals surface area contributed by atoms with E-state index in [0.717, 1.165) is 19.6 Å². The molecule has 1 aliphatic heterocycles. The van der Waals surface area contributed by atoms with Crippen LogP contribution in [0.1, 0.15) is 13.8 Å². The molecule has 0 aromatic carbocycles. The highest BCUT2D eigenvalue weighted by Crippen LogP contribution is 2.18. The Hall–Kier alpha value is 0.460. The molecule has 0 aromatic rings. The maximum absolute atomic E-state index is 9.31. The summed E-state index contributed by atoms with van der Waals surface area (Å²) in [6.07, 6.45) is 0. The molecule has 0 saturated carbocycles. The lowest BCUT2D eigenvalue weighted by Gasteiger charge is -2.44. The van der Waals surface area contributed by atoms with Crippen molar-refractivity contribution in [1.29, 1.82) is 0 Å². The minimum absolute atomic E-state index is 0. The van der Waals surface area contributed by atoms with Crippen molar-refractivity contribution >= 4 is 24.8 Å². The third kappa shape index (κ3) is 4.48. The number of halogens is 2. The summed E-state index contributed by atoms with van der Waals surface area (Å²) < 4.78 is 0. The zero-order valence-corrected chi connectivity index (χ0v) is 9.12. The summed E-state index contributed by atoms with van der Waals surface area (Å²) in [7, 11) is 0. The molecule has 1 atom stereocenters. The Balaban J connectivity index is 0. The molecule has 0 amide bonds. The van der Waals surface area contributed by atoms with Gasteiger partial charge in [-0.3, -0.25) is 4.90 Å². The summed E-state index contributed by atoms with van der Waals surface area (Å²) in [5, 5.41) is 9.31. The van der Waals surface area contributed by atoms with E-state index in [0.29, 0.717) is 0 Å². The first kappa shape index (κ1) is 15.0. The van der Waals surface area contributed by atoms with Crippen LogP contribution in [0.2, 0.25) is 0 Å². The van der Waals surface area contributed by atoms with Crippen molar-refractivity contribution in [3.8, 4) is 0 Å². The van der Waals surface area contributed by atoms with Crippen LogP contribution in [0.25, 0.3) is 0 Å². The van der Waals surface area contributed by atoms with Gasteiger partial charge in [-0.25, -0.2) is 0 Å². The predicted molar refractivity (Wildman–Crippen MR) is 55.2 cm³/mol. The largest absolute Gasteiger partial charge is 0.388 e. The minimum Gasteiger partial charge on any atom is -0.388 e. The van der Waals surface area contributed by atoms with E-state index in [1.54, 1.807) is 0 Å². The first-order valence-corrected chi connectivity index (χ1v) is 3.70. The first-order chi connectivity index (χ1) is 4.49. The third-order valence-electron chi connectivity index (χ3n) is 1.67. The van der Waals surface area contributed by atoms with Crippen molar-refractivity contribution in [2.24, 2.45) is 5.73 Å². The Kier molecular flexibility index (Phi) is 6.54. The van der Waals surface area contributed by atoms with Crippen molar-refractivity contribution in [1.82, 2.24) is 4.90 Å². The van der Waals surface area contributed by atoms with Gasteiger partial charge in [0.15, 0.2) is 0 Å². The summed E-state index contributed by atoms with van der Waals surface area (Å²) in [5.74, 6) is 0. The molecule has 0 spiro atoms. The van der Waals surface area contributed by atoms with Gasteiger partial charge in [0.2, 0.25) is 0 Å². The van der Waals surface area contributed by atoms with Crippen LogP contribution in [0.5, 0.6) is 0 Å². The van der Waals surface area contributed by atoms with E-state index < -0.39 is 5.60 Å². The Morgan fingerprint density at radius 1 is 1.50 bits per heavy atom. The van der Waals surface area contributed by atoms with Crippen LogP contribution in [-0.2, 0) is 0 Å². The van der Waals surface area contributed by atoms with E-state index in [-0.39, 0.29) is 30.9 Å². The number of likely N-dealkylation sites (tertiary alicyclic amines) is 1. The zero-order chi connectivity index (χ0) is 7.78. The smallest absolute Gasteiger partial charge is 0.0872 e. The van der Waals surface area contributed by atoms with E-state index in [1.165, 1.54) is 0 Å². The van der Waals surface area contributed by atoms with E-state index in [1.807, 2.05) is 13.8 Å². The fraction of sp³-hybridized carbons (Fsp3) is 1.00. The second kappa shape index (κ2) is 5.25. The summed E-state index contributed by atoms with van der Waals surface area (Å²) in [4.78, 5) is 2.16. The lowest BCUT2D eigenvalue weighted by atomic mass is 9.96. The van der Waals surface area contributed by atoms with Crippen LogP contribution in [0, 0.1) is 0 Å². The Labute approximate surface area is 86.1 Å². The molecule has 3 nitrogen and oxygen atoms in total. The molecule has 1 fully saturated rings. The average molecular weight is 217 g/mol.